The van der Waals surface area contributed by atoms with Crippen molar-refractivity contribution >= 4 is 18.3 Å². The van der Waals surface area contributed by atoms with E-state index in [1.165, 1.54) is 11.1 Å². The summed E-state index contributed by atoms with van der Waals surface area (Å²) in [7, 11) is 0. The molecule has 1 fully saturated rings. The Kier molecular flexibility index (Phi) is 8.20. The van der Waals surface area contributed by atoms with Crippen LogP contribution in [0.2, 0.25) is 0 Å². The van der Waals surface area contributed by atoms with Crippen molar-refractivity contribution in [2.45, 2.75) is 39.5 Å². The molecule has 1 aliphatic rings. The molecule has 5 heteroatoms. The molecule has 0 spiro atoms. The SMILES string of the molecule is CC(C)c1ccc(CCNC(=O)CN2CCC(C)(CN)C2)cc1.Cl. The van der Waals surface area contributed by atoms with Crippen molar-refractivity contribution in [3.8, 4) is 0 Å². The molecule has 136 valence electrons. The summed E-state index contributed by atoms with van der Waals surface area (Å²) in [5.74, 6) is 0.675. The van der Waals surface area contributed by atoms with Crippen LogP contribution < -0.4 is 11.1 Å². The highest BCUT2D eigenvalue weighted by atomic mass is 35.5. The fraction of sp³-hybridized carbons (Fsp3) is 0.632. The summed E-state index contributed by atoms with van der Waals surface area (Å²) >= 11 is 0. The van der Waals surface area contributed by atoms with Gasteiger partial charge in [-0.2, -0.15) is 0 Å². The number of nitrogens with one attached hydrogen (secondary N) is 1. The van der Waals surface area contributed by atoms with Gasteiger partial charge < -0.3 is 11.1 Å². The zero-order valence-corrected chi connectivity index (χ0v) is 16.0. The lowest BCUT2D eigenvalue weighted by molar-refractivity contribution is -0.122. The van der Waals surface area contributed by atoms with Crippen LogP contribution in [0.4, 0.5) is 0 Å². The van der Waals surface area contributed by atoms with E-state index in [4.69, 9.17) is 5.73 Å². The quantitative estimate of drug-likeness (QED) is 0.792. The number of likely N-dealkylation sites (tertiary alicyclic amines) is 1. The van der Waals surface area contributed by atoms with Crippen LogP contribution >= 0.6 is 12.4 Å². The van der Waals surface area contributed by atoms with Gasteiger partial charge in [-0.15, -0.1) is 12.4 Å². The van der Waals surface area contributed by atoms with Gasteiger partial charge in [-0.05, 0) is 48.4 Å². The molecule has 2 rings (SSSR count). The average Bonchev–Trinajstić information content (AvgIpc) is 2.89. The maximum Gasteiger partial charge on any atom is 0.234 e. The van der Waals surface area contributed by atoms with E-state index in [9.17, 15) is 4.79 Å². The molecule has 1 amide bonds. The number of benzene rings is 1. The van der Waals surface area contributed by atoms with Crippen molar-refractivity contribution < 1.29 is 4.79 Å². The summed E-state index contributed by atoms with van der Waals surface area (Å²) in [5, 5.41) is 3.03. The fourth-order valence-corrected chi connectivity index (χ4v) is 3.10. The molecule has 1 aromatic carbocycles. The first kappa shape index (κ1) is 20.9. The molecular weight excluding hydrogens is 322 g/mol. The van der Waals surface area contributed by atoms with Crippen molar-refractivity contribution in [1.82, 2.24) is 10.2 Å². The Bertz CT molecular complexity index is 518. The highest BCUT2D eigenvalue weighted by Crippen LogP contribution is 2.27. The number of halogens is 1. The van der Waals surface area contributed by atoms with E-state index >= 15 is 0 Å². The van der Waals surface area contributed by atoms with Crippen LogP contribution in [0.15, 0.2) is 24.3 Å². The minimum Gasteiger partial charge on any atom is -0.355 e. The molecular formula is C19H32ClN3O. The number of carbonyl (C=O) groups is 1. The molecule has 1 heterocycles. The number of carbonyl (C=O) groups excluding carboxylic acids is 1. The lowest BCUT2D eigenvalue weighted by Gasteiger charge is -2.22. The minimum atomic E-state index is 0. The average molecular weight is 354 g/mol. The number of rotatable bonds is 7. The van der Waals surface area contributed by atoms with Crippen molar-refractivity contribution in [3.05, 3.63) is 35.4 Å². The Labute approximate surface area is 152 Å². The summed E-state index contributed by atoms with van der Waals surface area (Å²) in [6, 6.07) is 8.68. The molecule has 0 bridgehead atoms. The number of hydrogen-bond acceptors (Lipinski definition) is 3. The van der Waals surface area contributed by atoms with Crippen LogP contribution in [0, 0.1) is 5.41 Å². The van der Waals surface area contributed by atoms with Gasteiger partial charge in [-0.3, -0.25) is 9.69 Å². The lowest BCUT2D eigenvalue weighted by atomic mass is 9.90. The highest BCUT2D eigenvalue weighted by molar-refractivity contribution is 5.85. The van der Waals surface area contributed by atoms with E-state index in [-0.39, 0.29) is 23.7 Å². The molecule has 1 aliphatic heterocycles. The van der Waals surface area contributed by atoms with Crippen LogP contribution in [0.1, 0.15) is 44.2 Å². The third-order valence-electron chi connectivity index (χ3n) is 4.88. The summed E-state index contributed by atoms with van der Waals surface area (Å²) in [4.78, 5) is 14.3. The maximum absolute atomic E-state index is 12.0. The van der Waals surface area contributed by atoms with Gasteiger partial charge in [0.1, 0.15) is 0 Å². The van der Waals surface area contributed by atoms with Gasteiger partial charge in [0.2, 0.25) is 5.91 Å². The number of amides is 1. The van der Waals surface area contributed by atoms with E-state index < -0.39 is 0 Å². The zero-order chi connectivity index (χ0) is 16.9. The van der Waals surface area contributed by atoms with Gasteiger partial charge in [-0.1, -0.05) is 45.0 Å². The smallest absolute Gasteiger partial charge is 0.234 e. The lowest BCUT2D eigenvalue weighted by Crippen LogP contribution is -2.38. The standard InChI is InChI=1S/C19H31N3O.ClH/c1-15(2)17-6-4-16(5-7-17)8-10-21-18(23)12-22-11-9-19(3,13-20)14-22;/h4-7,15H,8-14,20H2,1-3H3,(H,21,23);1H. The molecule has 1 atom stereocenters. The first-order valence-electron chi connectivity index (χ1n) is 8.70. The van der Waals surface area contributed by atoms with E-state index in [2.05, 4.69) is 55.3 Å². The van der Waals surface area contributed by atoms with Crippen LogP contribution in [0.3, 0.4) is 0 Å². The minimum absolute atomic E-state index is 0. The van der Waals surface area contributed by atoms with E-state index in [1.54, 1.807) is 0 Å². The van der Waals surface area contributed by atoms with Crippen molar-refractivity contribution in [3.63, 3.8) is 0 Å². The van der Waals surface area contributed by atoms with E-state index in [0.29, 0.717) is 25.6 Å². The molecule has 0 saturated carbocycles. The molecule has 0 radical (unpaired) electrons. The molecule has 0 aliphatic carbocycles. The Morgan fingerprint density at radius 1 is 1.33 bits per heavy atom. The summed E-state index contributed by atoms with van der Waals surface area (Å²) in [5.41, 5.74) is 8.61. The molecule has 3 N–H and O–H groups in total. The normalized spacial score (nSPS) is 20.9. The Morgan fingerprint density at radius 3 is 2.54 bits per heavy atom. The Balaban J connectivity index is 0.00000288. The van der Waals surface area contributed by atoms with E-state index in [1.807, 2.05) is 0 Å². The number of nitrogens with two attached hydrogens (primary N) is 1. The predicted octanol–water partition coefficient (Wildman–Crippen LogP) is 2.56. The molecule has 1 unspecified atom stereocenters. The monoisotopic (exact) mass is 353 g/mol. The van der Waals surface area contributed by atoms with Gasteiger partial charge in [0.05, 0.1) is 6.54 Å². The second kappa shape index (κ2) is 9.40. The first-order chi connectivity index (χ1) is 10.9. The van der Waals surface area contributed by atoms with E-state index in [0.717, 1.165) is 25.9 Å². The largest absolute Gasteiger partial charge is 0.355 e. The fourth-order valence-electron chi connectivity index (χ4n) is 3.10. The Hall–Kier alpha value is -1.10. The van der Waals surface area contributed by atoms with Gasteiger partial charge in [-0.25, -0.2) is 0 Å². The zero-order valence-electron chi connectivity index (χ0n) is 15.2. The summed E-state index contributed by atoms with van der Waals surface area (Å²) in [6.45, 7) is 10.4. The molecule has 0 aromatic heterocycles. The van der Waals surface area contributed by atoms with Gasteiger partial charge >= 0.3 is 0 Å². The second-order valence-electron chi connectivity index (χ2n) is 7.47. The van der Waals surface area contributed by atoms with Crippen molar-refractivity contribution in [2.75, 3.05) is 32.7 Å². The molecule has 4 nitrogen and oxygen atoms in total. The number of hydrogen-bond donors (Lipinski definition) is 2. The number of nitrogens with zero attached hydrogens (tertiary/aromatic N) is 1. The maximum atomic E-state index is 12.0. The third-order valence-corrected chi connectivity index (χ3v) is 4.88. The van der Waals surface area contributed by atoms with Crippen LogP contribution in [-0.2, 0) is 11.2 Å². The molecule has 1 saturated heterocycles. The summed E-state index contributed by atoms with van der Waals surface area (Å²) in [6.07, 6.45) is 1.96. The van der Waals surface area contributed by atoms with Gasteiger partial charge in [0.15, 0.2) is 0 Å². The first-order valence-corrected chi connectivity index (χ1v) is 8.70. The third kappa shape index (κ3) is 6.08. The van der Waals surface area contributed by atoms with Crippen LogP contribution in [0.5, 0.6) is 0 Å². The van der Waals surface area contributed by atoms with Crippen LogP contribution in [-0.4, -0.2) is 43.5 Å². The van der Waals surface area contributed by atoms with Crippen molar-refractivity contribution in [1.29, 1.82) is 0 Å². The topological polar surface area (TPSA) is 58.4 Å². The molecule has 24 heavy (non-hydrogen) atoms. The highest BCUT2D eigenvalue weighted by Gasteiger charge is 2.32. The second-order valence-corrected chi connectivity index (χ2v) is 7.47. The van der Waals surface area contributed by atoms with Crippen LogP contribution in [0.25, 0.3) is 0 Å². The predicted molar refractivity (Wildman–Crippen MR) is 103 cm³/mol. The van der Waals surface area contributed by atoms with Crippen molar-refractivity contribution in [2.24, 2.45) is 11.1 Å². The Morgan fingerprint density at radius 2 is 2.00 bits per heavy atom. The summed E-state index contributed by atoms with van der Waals surface area (Å²) < 4.78 is 0. The molecule has 1 aromatic rings. The van der Waals surface area contributed by atoms with Gasteiger partial charge in [0, 0.05) is 13.1 Å². The van der Waals surface area contributed by atoms with Gasteiger partial charge in [0.25, 0.3) is 0 Å².